The molecule has 0 spiro atoms. The summed E-state index contributed by atoms with van der Waals surface area (Å²) < 4.78 is 0. The van der Waals surface area contributed by atoms with Crippen molar-refractivity contribution in [1.82, 2.24) is 4.90 Å². The number of hydrogen-bond donors (Lipinski definition) is 1. The van der Waals surface area contributed by atoms with Crippen LogP contribution in [0.25, 0.3) is 0 Å². The fraction of sp³-hybridized carbons (Fsp3) is 0.280. The first-order chi connectivity index (χ1) is 13.1. The molecule has 3 aromatic rings. The standard InChI is InChI=1S/C25H27NO/c1-19-24(21-14-8-4-9-15-21)26(2)23(20-12-6-3-7-13-20)18-25(19,27)22-16-10-5-11-17-22/h3-17,19,23-24,27H,18H2,1-2H3/t19-,23-,24+,25+/m0/s1. The van der Waals surface area contributed by atoms with E-state index in [0.717, 1.165) is 5.56 Å². The van der Waals surface area contributed by atoms with Crippen LogP contribution in [-0.2, 0) is 5.60 Å². The third kappa shape index (κ3) is 3.20. The zero-order valence-electron chi connectivity index (χ0n) is 16.0. The van der Waals surface area contributed by atoms with Gasteiger partial charge in [-0.05, 0) is 23.7 Å². The second-order valence-corrected chi connectivity index (χ2v) is 7.73. The first kappa shape index (κ1) is 18.0. The third-order valence-corrected chi connectivity index (χ3v) is 6.26. The summed E-state index contributed by atoms with van der Waals surface area (Å²) in [4.78, 5) is 2.44. The van der Waals surface area contributed by atoms with Crippen LogP contribution < -0.4 is 0 Å². The molecule has 0 saturated carbocycles. The van der Waals surface area contributed by atoms with E-state index in [0.29, 0.717) is 6.42 Å². The molecule has 3 aromatic carbocycles. The summed E-state index contributed by atoms with van der Waals surface area (Å²) in [5, 5.41) is 12.0. The molecule has 0 amide bonds. The van der Waals surface area contributed by atoms with Crippen molar-refractivity contribution in [1.29, 1.82) is 0 Å². The maximum Gasteiger partial charge on any atom is 0.0958 e. The predicted molar refractivity (Wildman–Crippen MR) is 110 cm³/mol. The lowest BCUT2D eigenvalue weighted by Gasteiger charge is -2.52. The molecular formula is C25H27NO. The van der Waals surface area contributed by atoms with Gasteiger partial charge in [-0.15, -0.1) is 0 Å². The summed E-state index contributed by atoms with van der Waals surface area (Å²) in [5.74, 6) is 0.0623. The van der Waals surface area contributed by atoms with Crippen LogP contribution in [0.2, 0.25) is 0 Å². The Bertz CT molecular complexity index is 865. The van der Waals surface area contributed by atoms with Gasteiger partial charge in [-0.1, -0.05) is 97.9 Å². The number of aliphatic hydroxyl groups is 1. The van der Waals surface area contributed by atoms with E-state index in [1.807, 2.05) is 24.3 Å². The molecule has 0 aliphatic carbocycles. The molecule has 1 N–H and O–H groups in total. The van der Waals surface area contributed by atoms with Gasteiger partial charge in [-0.2, -0.15) is 0 Å². The van der Waals surface area contributed by atoms with Crippen molar-refractivity contribution in [2.45, 2.75) is 31.0 Å². The van der Waals surface area contributed by atoms with Gasteiger partial charge in [0.15, 0.2) is 0 Å². The Morgan fingerprint density at radius 2 is 1.26 bits per heavy atom. The number of rotatable bonds is 3. The molecule has 27 heavy (non-hydrogen) atoms. The fourth-order valence-corrected chi connectivity index (χ4v) is 4.74. The van der Waals surface area contributed by atoms with Crippen molar-refractivity contribution in [3.63, 3.8) is 0 Å². The highest BCUT2D eigenvalue weighted by molar-refractivity contribution is 5.32. The van der Waals surface area contributed by atoms with Crippen molar-refractivity contribution >= 4 is 0 Å². The highest BCUT2D eigenvalue weighted by atomic mass is 16.3. The van der Waals surface area contributed by atoms with Gasteiger partial charge in [0.25, 0.3) is 0 Å². The van der Waals surface area contributed by atoms with E-state index in [-0.39, 0.29) is 18.0 Å². The molecule has 0 bridgehead atoms. The van der Waals surface area contributed by atoms with Crippen LogP contribution in [0.15, 0.2) is 91.0 Å². The normalized spacial score (nSPS) is 28.8. The van der Waals surface area contributed by atoms with Crippen LogP contribution in [-0.4, -0.2) is 17.1 Å². The Morgan fingerprint density at radius 1 is 0.778 bits per heavy atom. The van der Waals surface area contributed by atoms with Gasteiger partial charge in [0, 0.05) is 24.4 Å². The number of piperidine rings is 1. The summed E-state index contributed by atoms with van der Waals surface area (Å²) in [5.41, 5.74) is 2.63. The second-order valence-electron chi connectivity index (χ2n) is 7.73. The molecule has 0 unspecified atom stereocenters. The lowest BCUT2D eigenvalue weighted by Crippen LogP contribution is -2.50. The van der Waals surface area contributed by atoms with Crippen molar-refractivity contribution in [3.8, 4) is 0 Å². The van der Waals surface area contributed by atoms with E-state index < -0.39 is 5.60 Å². The maximum absolute atomic E-state index is 12.0. The summed E-state index contributed by atoms with van der Waals surface area (Å²) >= 11 is 0. The Hall–Kier alpha value is -2.42. The van der Waals surface area contributed by atoms with Crippen LogP contribution in [0.1, 0.15) is 42.1 Å². The molecule has 2 heteroatoms. The highest BCUT2D eigenvalue weighted by Crippen LogP contribution is 2.52. The quantitative estimate of drug-likeness (QED) is 0.685. The lowest BCUT2D eigenvalue weighted by atomic mass is 9.68. The van der Waals surface area contributed by atoms with Gasteiger partial charge in [-0.25, -0.2) is 0 Å². The monoisotopic (exact) mass is 357 g/mol. The molecule has 1 heterocycles. The van der Waals surface area contributed by atoms with Gasteiger partial charge in [-0.3, -0.25) is 4.90 Å². The summed E-state index contributed by atoms with van der Waals surface area (Å²) in [6.07, 6.45) is 0.683. The molecule has 4 atom stereocenters. The second kappa shape index (κ2) is 7.30. The van der Waals surface area contributed by atoms with Crippen molar-refractivity contribution in [3.05, 3.63) is 108 Å². The van der Waals surface area contributed by atoms with Gasteiger partial charge in [0.2, 0.25) is 0 Å². The zero-order valence-corrected chi connectivity index (χ0v) is 16.0. The molecule has 1 saturated heterocycles. The number of nitrogens with zero attached hydrogens (tertiary/aromatic N) is 1. The first-order valence-electron chi connectivity index (χ1n) is 9.71. The number of likely N-dealkylation sites (tertiary alicyclic amines) is 1. The number of benzene rings is 3. The smallest absolute Gasteiger partial charge is 0.0958 e. The molecule has 1 aliphatic rings. The highest BCUT2D eigenvalue weighted by Gasteiger charge is 2.49. The number of hydrogen-bond acceptors (Lipinski definition) is 2. The molecule has 138 valence electrons. The average Bonchev–Trinajstić information content (AvgIpc) is 2.73. The molecule has 4 rings (SSSR count). The van der Waals surface area contributed by atoms with E-state index in [4.69, 9.17) is 0 Å². The minimum atomic E-state index is -0.880. The van der Waals surface area contributed by atoms with Gasteiger partial charge >= 0.3 is 0 Å². The Morgan fingerprint density at radius 3 is 1.81 bits per heavy atom. The summed E-state index contributed by atoms with van der Waals surface area (Å²) in [6, 6.07) is 31.6. The topological polar surface area (TPSA) is 23.5 Å². The Labute approximate surface area is 162 Å². The van der Waals surface area contributed by atoms with Crippen LogP contribution >= 0.6 is 0 Å². The molecule has 0 aromatic heterocycles. The summed E-state index contributed by atoms with van der Waals surface area (Å²) in [7, 11) is 2.19. The van der Waals surface area contributed by atoms with E-state index in [1.54, 1.807) is 0 Å². The first-order valence-corrected chi connectivity index (χ1v) is 9.71. The van der Waals surface area contributed by atoms with Crippen LogP contribution in [0, 0.1) is 5.92 Å². The van der Waals surface area contributed by atoms with Crippen LogP contribution in [0.4, 0.5) is 0 Å². The Kier molecular flexibility index (Phi) is 4.86. The van der Waals surface area contributed by atoms with Crippen molar-refractivity contribution in [2.24, 2.45) is 5.92 Å². The van der Waals surface area contributed by atoms with E-state index in [1.165, 1.54) is 11.1 Å². The van der Waals surface area contributed by atoms with Gasteiger partial charge in [0.05, 0.1) is 5.60 Å². The molecule has 1 fully saturated rings. The van der Waals surface area contributed by atoms with Gasteiger partial charge in [0.1, 0.15) is 0 Å². The SMILES string of the molecule is C[C@H]1[C@H](c2ccccc2)N(C)[C@H](c2ccccc2)C[C@]1(O)c1ccccc1. The minimum absolute atomic E-state index is 0.0623. The largest absolute Gasteiger partial charge is 0.385 e. The third-order valence-electron chi connectivity index (χ3n) is 6.26. The van der Waals surface area contributed by atoms with Crippen LogP contribution in [0.3, 0.4) is 0 Å². The molecule has 2 nitrogen and oxygen atoms in total. The van der Waals surface area contributed by atoms with Crippen molar-refractivity contribution < 1.29 is 5.11 Å². The van der Waals surface area contributed by atoms with E-state index in [2.05, 4.69) is 85.6 Å². The van der Waals surface area contributed by atoms with Crippen molar-refractivity contribution in [2.75, 3.05) is 7.05 Å². The maximum atomic E-state index is 12.0. The fourth-order valence-electron chi connectivity index (χ4n) is 4.74. The van der Waals surface area contributed by atoms with Crippen LogP contribution in [0.5, 0.6) is 0 Å². The minimum Gasteiger partial charge on any atom is -0.385 e. The zero-order chi connectivity index (χ0) is 18.9. The average molecular weight is 357 g/mol. The molecular weight excluding hydrogens is 330 g/mol. The molecule has 0 radical (unpaired) electrons. The lowest BCUT2D eigenvalue weighted by molar-refractivity contribution is -0.120. The van der Waals surface area contributed by atoms with Gasteiger partial charge < -0.3 is 5.11 Å². The molecule has 1 aliphatic heterocycles. The predicted octanol–water partition coefficient (Wildman–Crippen LogP) is 5.33. The Balaban J connectivity index is 1.84. The van der Waals surface area contributed by atoms with E-state index >= 15 is 0 Å². The van der Waals surface area contributed by atoms with E-state index in [9.17, 15) is 5.11 Å². The summed E-state index contributed by atoms with van der Waals surface area (Å²) in [6.45, 7) is 2.18.